The third-order valence-corrected chi connectivity index (χ3v) is 3.10. The van der Waals surface area contributed by atoms with Gasteiger partial charge in [0.2, 0.25) is 0 Å². The summed E-state index contributed by atoms with van der Waals surface area (Å²) in [6, 6.07) is 4.80. The molecule has 19 heavy (non-hydrogen) atoms. The van der Waals surface area contributed by atoms with Crippen molar-refractivity contribution < 1.29 is 18.0 Å². The minimum Gasteiger partial charge on any atom is -0.288 e. The minimum atomic E-state index is -4.38. The fourth-order valence-electron chi connectivity index (χ4n) is 1.41. The van der Waals surface area contributed by atoms with E-state index in [-0.39, 0.29) is 5.78 Å². The molecule has 0 saturated heterocycles. The average molecular weight is 283 g/mol. The summed E-state index contributed by atoms with van der Waals surface area (Å²) >= 11 is 1.18. The zero-order valence-corrected chi connectivity index (χ0v) is 10.3. The number of rotatable bonds is 3. The van der Waals surface area contributed by atoms with Crippen molar-refractivity contribution in [2.75, 3.05) is 0 Å². The average Bonchev–Trinajstić information content (AvgIpc) is 2.89. The largest absolute Gasteiger partial charge is 0.416 e. The molecule has 1 aromatic carbocycles. The van der Waals surface area contributed by atoms with Crippen LogP contribution in [0.5, 0.6) is 0 Å². The van der Waals surface area contributed by atoms with Crippen LogP contribution in [-0.2, 0) is 6.18 Å². The number of ketones is 1. The van der Waals surface area contributed by atoms with E-state index in [4.69, 9.17) is 0 Å². The van der Waals surface area contributed by atoms with Gasteiger partial charge >= 0.3 is 6.18 Å². The maximum absolute atomic E-state index is 12.5. The van der Waals surface area contributed by atoms with Gasteiger partial charge in [-0.3, -0.25) is 9.78 Å². The molecule has 0 unspecified atom stereocenters. The highest BCUT2D eigenvalue weighted by Crippen LogP contribution is 2.29. The first kappa shape index (κ1) is 13.5. The molecule has 0 saturated carbocycles. The van der Waals surface area contributed by atoms with Crippen molar-refractivity contribution in [3.8, 4) is 0 Å². The third-order valence-electron chi connectivity index (χ3n) is 2.32. The Bertz CT molecular complexity index is 603. The lowest BCUT2D eigenvalue weighted by molar-refractivity contribution is -0.137. The molecule has 0 aliphatic carbocycles. The number of carbonyl (C=O) groups excluding carboxylic acids is 1. The summed E-state index contributed by atoms with van der Waals surface area (Å²) in [4.78, 5) is 15.8. The van der Waals surface area contributed by atoms with Crippen LogP contribution in [0.25, 0.3) is 6.08 Å². The van der Waals surface area contributed by atoms with Gasteiger partial charge in [0, 0.05) is 6.20 Å². The molecule has 0 fully saturated rings. The first-order valence-corrected chi connectivity index (χ1v) is 6.13. The van der Waals surface area contributed by atoms with Crippen LogP contribution in [-0.4, -0.2) is 10.8 Å². The first-order chi connectivity index (χ1) is 8.97. The van der Waals surface area contributed by atoms with Crippen molar-refractivity contribution in [2.24, 2.45) is 0 Å². The van der Waals surface area contributed by atoms with Crippen molar-refractivity contribution in [3.05, 3.63) is 58.1 Å². The predicted molar refractivity (Wildman–Crippen MR) is 66.9 cm³/mol. The number of allylic oxidation sites excluding steroid dienone is 1. The summed E-state index contributed by atoms with van der Waals surface area (Å²) < 4.78 is 37.5. The van der Waals surface area contributed by atoms with Gasteiger partial charge in [0.1, 0.15) is 0 Å². The van der Waals surface area contributed by atoms with Crippen molar-refractivity contribution in [1.82, 2.24) is 4.98 Å². The van der Waals surface area contributed by atoms with Crippen LogP contribution in [0, 0.1) is 0 Å². The Morgan fingerprint density at radius 1 is 1.32 bits per heavy atom. The predicted octanol–water partition coefficient (Wildman–Crippen LogP) is 4.06. The van der Waals surface area contributed by atoms with Crippen molar-refractivity contribution in [1.29, 1.82) is 0 Å². The normalized spacial score (nSPS) is 11.9. The van der Waals surface area contributed by atoms with Gasteiger partial charge in [-0.1, -0.05) is 18.2 Å². The maximum atomic E-state index is 12.5. The monoisotopic (exact) mass is 283 g/mol. The minimum absolute atomic E-state index is 0.278. The summed E-state index contributed by atoms with van der Waals surface area (Å²) in [7, 11) is 0. The number of thiazole rings is 1. The highest BCUT2D eigenvalue weighted by atomic mass is 32.1. The van der Waals surface area contributed by atoms with Crippen LogP contribution >= 0.6 is 11.3 Å². The first-order valence-electron chi connectivity index (χ1n) is 5.25. The lowest BCUT2D eigenvalue weighted by atomic mass is 10.1. The van der Waals surface area contributed by atoms with E-state index in [1.807, 2.05) is 0 Å². The van der Waals surface area contributed by atoms with E-state index in [0.29, 0.717) is 10.4 Å². The Hall–Kier alpha value is -1.95. The van der Waals surface area contributed by atoms with Gasteiger partial charge in [0.05, 0.1) is 16.0 Å². The highest BCUT2D eigenvalue weighted by Gasteiger charge is 2.30. The lowest BCUT2D eigenvalue weighted by Crippen LogP contribution is -2.04. The van der Waals surface area contributed by atoms with Crippen LogP contribution in [0.2, 0.25) is 0 Å². The summed E-state index contributed by atoms with van der Waals surface area (Å²) in [6.45, 7) is 0. The Kier molecular flexibility index (Phi) is 3.80. The highest BCUT2D eigenvalue weighted by molar-refractivity contribution is 7.11. The fourth-order valence-corrected chi connectivity index (χ4v) is 1.95. The molecular weight excluding hydrogens is 275 g/mol. The molecule has 1 aromatic heterocycles. The smallest absolute Gasteiger partial charge is 0.288 e. The molecule has 0 bridgehead atoms. The quantitative estimate of drug-likeness (QED) is 0.628. The van der Waals surface area contributed by atoms with Crippen molar-refractivity contribution in [3.63, 3.8) is 0 Å². The summed E-state index contributed by atoms with van der Waals surface area (Å²) in [6.07, 6.45) is -0.366. The Morgan fingerprint density at radius 2 is 2.11 bits per heavy atom. The lowest BCUT2D eigenvalue weighted by Gasteiger charge is -2.06. The molecule has 0 aliphatic heterocycles. The van der Waals surface area contributed by atoms with E-state index in [1.165, 1.54) is 47.3 Å². The van der Waals surface area contributed by atoms with Gasteiger partial charge in [-0.15, -0.1) is 11.3 Å². The maximum Gasteiger partial charge on any atom is 0.416 e. The van der Waals surface area contributed by atoms with E-state index < -0.39 is 11.7 Å². The van der Waals surface area contributed by atoms with Gasteiger partial charge in [-0.2, -0.15) is 13.2 Å². The molecule has 0 radical (unpaired) electrons. The molecule has 2 nitrogen and oxygen atoms in total. The molecule has 0 atom stereocenters. The number of hydrogen-bond donors (Lipinski definition) is 0. The number of nitrogens with zero attached hydrogens (tertiary/aromatic N) is 1. The third kappa shape index (κ3) is 3.51. The van der Waals surface area contributed by atoms with Crippen LogP contribution in [0.15, 0.2) is 42.0 Å². The second-order valence-electron chi connectivity index (χ2n) is 3.69. The van der Waals surface area contributed by atoms with Crippen LogP contribution in [0.1, 0.15) is 20.8 Å². The summed E-state index contributed by atoms with van der Waals surface area (Å²) in [5.74, 6) is -0.278. The molecule has 0 aliphatic rings. The van der Waals surface area contributed by atoms with Gasteiger partial charge in [0.25, 0.3) is 0 Å². The molecule has 2 aromatic rings. The zero-order chi connectivity index (χ0) is 13.9. The molecule has 0 N–H and O–H groups in total. The molecule has 6 heteroatoms. The number of alkyl halides is 3. The summed E-state index contributed by atoms with van der Waals surface area (Å²) in [5, 5.41) is 0. The molecule has 2 rings (SSSR count). The van der Waals surface area contributed by atoms with Gasteiger partial charge in [-0.25, -0.2) is 0 Å². The van der Waals surface area contributed by atoms with E-state index in [2.05, 4.69) is 4.98 Å². The number of hydrogen-bond acceptors (Lipinski definition) is 3. The number of halogens is 3. The van der Waals surface area contributed by atoms with Crippen LogP contribution in [0.3, 0.4) is 0 Å². The van der Waals surface area contributed by atoms with E-state index >= 15 is 0 Å². The van der Waals surface area contributed by atoms with Crippen molar-refractivity contribution in [2.45, 2.75) is 6.18 Å². The molecular formula is C13H8F3NOS. The van der Waals surface area contributed by atoms with Crippen LogP contribution in [0.4, 0.5) is 13.2 Å². The zero-order valence-electron chi connectivity index (χ0n) is 9.52. The topological polar surface area (TPSA) is 30.0 Å². The number of benzene rings is 1. The second kappa shape index (κ2) is 5.36. The molecule has 0 amide bonds. The van der Waals surface area contributed by atoms with Gasteiger partial charge in [-0.05, 0) is 23.8 Å². The van der Waals surface area contributed by atoms with E-state index in [9.17, 15) is 18.0 Å². The number of carbonyl (C=O) groups is 1. The molecule has 0 spiro atoms. The van der Waals surface area contributed by atoms with Crippen LogP contribution < -0.4 is 0 Å². The SMILES string of the molecule is O=C(C=Cc1cccc(C(F)(F)F)c1)c1cncs1. The van der Waals surface area contributed by atoms with Crippen molar-refractivity contribution >= 4 is 23.2 Å². The summed E-state index contributed by atoms with van der Waals surface area (Å²) in [5.41, 5.74) is 1.11. The Labute approximate surface area is 111 Å². The van der Waals surface area contributed by atoms with Gasteiger partial charge in [0.15, 0.2) is 5.78 Å². The van der Waals surface area contributed by atoms with E-state index in [1.54, 1.807) is 0 Å². The fraction of sp³-hybridized carbons (Fsp3) is 0.0769. The second-order valence-corrected chi connectivity index (χ2v) is 4.57. The number of aromatic nitrogens is 1. The molecule has 98 valence electrons. The Balaban J connectivity index is 2.18. The molecule has 1 heterocycles. The van der Waals surface area contributed by atoms with Gasteiger partial charge < -0.3 is 0 Å². The van der Waals surface area contributed by atoms with E-state index in [0.717, 1.165) is 12.1 Å². The Morgan fingerprint density at radius 3 is 2.74 bits per heavy atom. The standard InChI is InChI=1S/C13H8F3NOS/c14-13(15,16)10-3-1-2-9(6-10)4-5-11(18)12-7-17-8-19-12/h1-8H.